The fraction of sp³-hybridized carbons (Fsp3) is 0.407. The molecule has 0 saturated carbocycles. The van der Waals surface area contributed by atoms with Crippen LogP contribution in [0.4, 0.5) is 0 Å². The van der Waals surface area contributed by atoms with Crippen LogP contribution >= 0.6 is 0 Å². The van der Waals surface area contributed by atoms with Gasteiger partial charge in [0.25, 0.3) is 11.7 Å². The van der Waals surface area contributed by atoms with E-state index in [1.807, 2.05) is 27.7 Å². The Hall–Kier alpha value is -3.32. The summed E-state index contributed by atoms with van der Waals surface area (Å²) >= 11 is 0. The number of hydrogen-bond acceptors (Lipinski definition) is 6. The lowest BCUT2D eigenvalue weighted by Gasteiger charge is -2.26. The number of Topliss-reactive ketones (excluding diaryl/α,β-unsaturated/α-hetero) is 1. The minimum atomic E-state index is -0.744. The van der Waals surface area contributed by atoms with Crippen LogP contribution in [0, 0.1) is 0 Å². The van der Waals surface area contributed by atoms with Gasteiger partial charge >= 0.3 is 0 Å². The molecule has 2 aromatic carbocycles. The summed E-state index contributed by atoms with van der Waals surface area (Å²) in [5, 5.41) is 11.3. The first-order valence-electron chi connectivity index (χ1n) is 11.4. The maximum absolute atomic E-state index is 13.2. The molecule has 0 aromatic heterocycles. The first kappa shape index (κ1) is 25.3. The average molecular weight is 468 g/mol. The van der Waals surface area contributed by atoms with E-state index in [4.69, 9.17) is 14.2 Å². The molecular weight excluding hydrogens is 434 g/mol. The van der Waals surface area contributed by atoms with Crippen LogP contribution in [-0.4, -0.2) is 55.2 Å². The molecule has 1 atom stereocenters. The molecule has 0 aliphatic carbocycles. The number of ether oxygens (including phenoxy) is 3. The van der Waals surface area contributed by atoms with E-state index in [1.165, 1.54) is 4.90 Å². The highest BCUT2D eigenvalue weighted by molar-refractivity contribution is 6.46. The third kappa shape index (κ3) is 5.09. The standard InChI is InChI=1S/C27H33NO6/c1-16(2)21-15-19(9-12-22(21)33-6)25(29)23-24(18-7-10-20(32-5)11-8-18)28(27(31)26(23)30)13-14-34-17(3)4/h7-12,15-17,24,29H,13-14H2,1-6H3/b25-23-. The first-order chi connectivity index (χ1) is 16.2. The summed E-state index contributed by atoms with van der Waals surface area (Å²) in [5.41, 5.74) is 2.11. The number of rotatable bonds is 9. The number of carbonyl (C=O) groups excluding carboxylic acids is 2. The lowest BCUT2D eigenvalue weighted by atomic mass is 9.93. The average Bonchev–Trinajstić information content (AvgIpc) is 3.08. The van der Waals surface area contributed by atoms with E-state index < -0.39 is 17.7 Å². The van der Waals surface area contributed by atoms with Crippen LogP contribution in [0.25, 0.3) is 5.76 Å². The molecule has 7 heteroatoms. The Morgan fingerprint density at radius 1 is 1.00 bits per heavy atom. The van der Waals surface area contributed by atoms with Crippen LogP contribution in [0.2, 0.25) is 0 Å². The van der Waals surface area contributed by atoms with E-state index in [1.54, 1.807) is 56.7 Å². The van der Waals surface area contributed by atoms with Crippen molar-refractivity contribution >= 4 is 17.4 Å². The Bertz CT molecular complexity index is 1070. The zero-order valence-corrected chi connectivity index (χ0v) is 20.6. The highest BCUT2D eigenvalue weighted by Crippen LogP contribution is 2.40. The van der Waals surface area contributed by atoms with Gasteiger partial charge in [0, 0.05) is 12.1 Å². The van der Waals surface area contributed by atoms with E-state index >= 15 is 0 Å². The second kappa shape index (κ2) is 10.7. The van der Waals surface area contributed by atoms with Gasteiger partial charge in [-0.05, 0) is 61.2 Å². The van der Waals surface area contributed by atoms with Crippen LogP contribution < -0.4 is 9.47 Å². The van der Waals surface area contributed by atoms with Gasteiger partial charge in [-0.1, -0.05) is 26.0 Å². The number of nitrogens with zero attached hydrogens (tertiary/aromatic N) is 1. The second-order valence-electron chi connectivity index (χ2n) is 8.80. The van der Waals surface area contributed by atoms with Crippen molar-refractivity contribution in [3.63, 3.8) is 0 Å². The summed E-state index contributed by atoms with van der Waals surface area (Å²) in [7, 11) is 3.16. The molecule has 0 bridgehead atoms. The summed E-state index contributed by atoms with van der Waals surface area (Å²) in [4.78, 5) is 27.7. The molecular formula is C27H33NO6. The van der Waals surface area contributed by atoms with E-state index in [-0.39, 0.29) is 36.5 Å². The number of likely N-dealkylation sites (tertiary alicyclic amines) is 1. The van der Waals surface area contributed by atoms with Crippen molar-refractivity contribution in [1.29, 1.82) is 0 Å². The van der Waals surface area contributed by atoms with Gasteiger partial charge in [-0.15, -0.1) is 0 Å². The maximum Gasteiger partial charge on any atom is 0.295 e. The number of ketones is 1. The summed E-state index contributed by atoms with van der Waals surface area (Å²) in [6, 6.07) is 11.7. The summed E-state index contributed by atoms with van der Waals surface area (Å²) in [6.07, 6.45) is -0.00925. The predicted molar refractivity (Wildman–Crippen MR) is 130 cm³/mol. The van der Waals surface area contributed by atoms with Crippen molar-refractivity contribution in [2.75, 3.05) is 27.4 Å². The Morgan fingerprint density at radius 3 is 2.24 bits per heavy atom. The van der Waals surface area contributed by atoms with Gasteiger partial charge in [0.1, 0.15) is 17.3 Å². The SMILES string of the molecule is COc1ccc(C2/C(=C(/O)c3ccc(OC)c(C(C)C)c3)C(=O)C(=O)N2CCOC(C)C)cc1. The van der Waals surface area contributed by atoms with Crippen molar-refractivity contribution in [2.45, 2.75) is 45.8 Å². The number of aliphatic hydroxyl groups is 1. The third-order valence-electron chi connectivity index (χ3n) is 5.88. The molecule has 3 rings (SSSR count). The third-order valence-corrected chi connectivity index (χ3v) is 5.88. The highest BCUT2D eigenvalue weighted by atomic mass is 16.5. The fourth-order valence-corrected chi connectivity index (χ4v) is 4.12. The molecule has 1 saturated heterocycles. The zero-order valence-electron chi connectivity index (χ0n) is 20.6. The minimum absolute atomic E-state index is 0.00925. The zero-order chi connectivity index (χ0) is 25.0. The molecule has 0 radical (unpaired) electrons. The summed E-state index contributed by atoms with van der Waals surface area (Å²) in [5.74, 6) is -0.103. The molecule has 0 spiro atoms. The van der Waals surface area contributed by atoms with E-state index in [2.05, 4.69) is 0 Å². The van der Waals surface area contributed by atoms with Crippen molar-refractivity contribution in [1.82, 2.24) is 4.90 Å². The predicted octanol–water partition coefficient (Wildman–Crippen LogP) is 4.67. The number of amides is 1. The van der Waals surface area contributed by atoms with Crippen LogP contribution in [0.1, 0.15) is 56.3 Å². The van der Waals surface area contributed by atoms with E-state index in [0.717, 1.165) is 5.56 Å². The van der Waals surface area contributed by atoms with Crippen LogP contribution in [-0.2, 0) is 14.3 Å². The number of carbonyl (C=O) groups is 2. The normalized spacial score (nSPS) is 17.6. The number of aliphatic hydroxyl groups excluding tert-OH is 1. The Kier molecular flexibility index (Phi) is 7.99. The largest absolute Gasteiger partial charge is 0.507 e. The van der Waals surface area contributed by atoms with Gasteiger partial charge in [0.05, 0.1) is 38.5 Å². The molecule has 7 nitrogen and oxygen atoms in total. The van der Waals surface area contributed by atoms with Crippen LogP contribution in [0.3, 0.4) is 0 Å². The minimum Gasteiger partial charge on any atom is -0.507 e. The maximum atomic E-state index is 13.2. The first-order valence-corrected chi connectivity index (χ1v) is 11.4. The van der Waals surface area contributed by atoms with Crippen molar-refractivity contribution in [3.8, 4) is 11.5 Å². The Labute approximate surface area is 200 Å². The number of methoxy groups -OCH3 is 2. The monoisotopic (exact) mass is 467 g/mol. The highest BCUT2D eigenvalue weighted by Gasteiger charge is 2.46. The molecule has 1 amide bonds. The summed E-state index contributed by atoms with van der Waals surface area (Å²) < 4.78 is 16.3. The Morgan fingerprint density at radius 2 is 1.68 bits per heavy atom. The molecule has 182 valence electrons. The second-order valence-corrected chi connectivity index (χ2v) is 8.80. The smallest absolute Gasteiger partial charge is 0.295 e. The molecule has 1 aliphatic rings. The summed E-state index contributed by atoms with van der Waals surface area (Å²) in [6.45, 7) is 8.35. The number of hydrogen-bond donors (Lipinski definition) is 1. The molecule has 1 heterocycles. The lowest BCUT2D eigenvalue weighted by Crippen LogP contribution is -2.33. The Balaban J connectivity index is 2.13. The molecule has 1 aliphatic heterocycles. The van der Waals surface area contributed by atoms with E-state index in [9.17, 15) is 14.7 Å². The molecule has 1 unspecified atom stereocenters. The molecule has 34 heavy (non-hydrogen) atoms. The van der Waals surface area contributed by atoms with Crippen LogP contribution in [0.15, 0.2) is 48.0 Å². The lowest BCUT2D eigenvalue weighted by molar-refractivity contribution is -0.140. The van der Waals surface area contributed by atoms with Crippen LogP contribution in [0.5, 0.6) is 11.5 Å². The van der Waals surface area contributed by atoms with Crippen molar-refractivity contribution in [3.05, 3.63) is 64.7 Å². The van der Waals surface area contributed by atoms with Gasteiger partial charge < -0.3 is 24.2 Å². The van der Waals surface area contributed by atoms with E-state index in [0.29, 0.717) is 22.6 Å². The van der Waals surface area contributed by atoms with Crippen molar-refractivity contribution in [2.24, 2.45) is 0 Å². The molecule has 1 fully saturated rings. The number of benzene rings is 2. The topological polar surface area (TPSA) is 85.3 Å². The fourth-order valence-electron chi connectivity index (χ4n) is 4.12. The van der Waals surface area contributed by atoms with Gasteiger partial charge in [-0.25, -0.2) is 0 Å². The van der Waals surface area contributed by atoms with Gasteiger partial charge in [0.15, 0.2) is 0 Å². The van der Waals surface area contributed by atoms with Gasteiger partial charge in [-0.3, -0.25) is 9.59 Å². The molecule has 2 aromatic rings. The van der Waals surface area contributed by atoms with Crippen molar-refractivity contribution < 1.29 is 28.9 Å². The quantitative estimate of drug-likeness (QED) is 0.328. The molecule has 1 N–H and O–H groups in total. The van der Waals surface area contributed by atoms with Gasteiger partial charge in [0.2, 0.25) is 0 Å². The van der Waals surface area contributed by atoms with Gasteiger partial charge in [-0.2, -0.15) is 0 Å².